The van der Waals surface area contributed by atoms with Crippen molar-refractivity contribution in [2.45, 2.75) is 84.0 Å². The lowest BCUT2D eigenvalue weighted by Gasteiger charge is -2.29. The van der Waals surface area contributed by atoms with Crippen molar-refractivity contribution in [3.05, 3.63) is 71.3 Å². The van der Waals surface area contributed by atoms with Gasteiger partial charge >= 0.3 is 5.97 Å². The number of likely N-dealkylation sites (N-methyl/N-ethyl adjacent to an activating group) is 1. The smallest absolute Gasteiger partial charge is 0.333 e. The number of hydrogen-bond donors (Lipinski definition) is 0. The molecular formula is C33H47NO2. The molecule has 1 aliphatic carbocycles. The van der Waals surface area contributed by atoms with Crippen LogP contribution in [0.3, 0.4) is 0 Å². The summed E-state index contributed by atoms with van der Waals surface area (Å²) in [5, 5.41) is 0. The zero-order valence-corrected chi connectivity index (χ0v) is 23.2. The highest BCUT2D eigenvalue weighted by Gasteiger charge is 2.22. The monoisotopic (exact) mass is 489 g/mol. The zero-order valence-electron chi connectivity index (χ0n) is 23.2. The van der Waals surface area contributed by atoms with Crippen LogP contribution in [-0.4, -0.2) is 38.1 Å². The zero-order chi connectivity index (χ0) is 25.9. The summed E-state index contributed by atoms with van der Waals surface area (Å²) in [6.45, 7) is 9.04. The number of benzene rings is 2. The Hall–Kier alpha value is -2.39. The largest absolute Gasteiger partial charge is 0.462 e. The van der Waals surface area contributed by atoms with Gasteiger partial charge in [-0.1, -0.05) is 81.7 Å². The van der Waals surface area contributed by atoms with E-state index in [2.05, 4.69) is 75.0 Å². The van der Waals surface area contributed by atoms with Crippen LogP contribution < -0.4 is 0 Å². The first-order valence-electron chi connectivity index (χ1n) is 14.1. The number of carbonyl (C=O) groups is 1. The molecule has 1 fully saturated rings. The first-order valence-corrected chi connectivity index (χ1v) is 14.1. The van der Waals surface area contributed by atoms with Crippen molar-refractivity contribution in [3.8, 4) is 11.1 Å². The van der Waals surface area contributed by atoms with Gasteiger partial charge in [-0.3, -0.25) is 0 Å². The number of esters is 1. The Morgan fingerprint density at radius 1 is 0.944 bits per heavy atom. The first-order chi connectivity index (χ1) is 17.4. The van der Waals surface area contributed by atoms with Crippen molar-refractivity contribution in [1.29, 1.82) is 0 Å². The lowest BCUT2D eigenvalue weighted by molar-refractivity contribution is -0.138. The van der Waals surface area contributed by atoms with E-state index in [-0.39, 0.29) is 5.97 Å². The molecule has 0 N–H and O–H groups in total. The van der Waals surface area contributed by atoms with Gasteiger partial charge in [-0.15, -0.1) is 0 Å². The number of carbonyl (C=O) groups excluding carboxylic acids is 1. The Morgan fingerprint density at radius 3 is 2.28 bits per heavy atom. The highest BCUT2D eigenvalue weighted by molar-refractivity contribution is 5.86. The van der Waals surface area contributed by atoms with Crippen molar-refractivity contribution in [2.24, 2.45) is 5.92 Å². The average molecular weight is 490 g/mol. The van der Waals surface area contributed by atoms with Crippen molar-refractivity contribution in [2.75, 3.05) is 27.2 Å². The normalized spacial score (nSPS) is 17.8. The second-order valence-electron chi connectivity index (χ2n) is 11.0. The van der Waals surface area contributed by atoms with Gasteiger partial charge in [0.15, 0.2) is 0 Å². The minimum Gasteiger partial charge on any atom is -0.462 e. The molecule has 0 spiro atoms. The molecule has 0 aliphatic heterocycles. The maximum atomic E-state index is 11.8. The molecule has 0 amide bonds. The van der Waals surface area contributed by atoms with E-state index in [9.17, 15) is 4.79 Å². The maximum absolute atomic E-state index is 11.8. The summed E-state index contributed by atoms with van der Waals surface area (Å²) in [6, 6.07) is 16.1. The number of unbranched alkanes of at least 4 members (excludes halogenated alkanes) is 2. The van der Waals surface area contributed by atoms with Gasteiger partial charge in [0.1, 0.15) is 0 Å². The van der Waals surface area contributed by atoms with Crippen molar-refractivity contribution < 1.29 is 9.53 Å². The third-order valence-electron chi connectivity index (χ3n) is 7.77. The maximum Gasteiger partial charge on any atom is 0.333 e. The molecule has 0 heterocycles. The van der Waals surface area contributed by atoms with Crippen LogP contribution in [0.1, 0.15) is 87.8 Å². The van der Waals surface area contributed by atoms with Gasteiger partial charge in [0.2, 0.25) is 0 Å². The second-order valence-corrected chi connectivity index (χ2v) is 11.0. The van der Waals surface area contributed by atoms with E-state index < -0.39 is 0 Å². The minimum absolute atomic E-state index is 0.313. The molecule has 36 heavy (non-hydrogen) atoms. The van der Waals surface area contributed by atoms with E-state index in [1.807, 2.05) is 0 Å². The molecule has 2 aromatic rings. The summed E-state index contributed by atoms with van der Waals surface area (Å²) < 4.78 is 5.40. The van der Waals surface area contributed by atoms with Crippen LogP contribution in [0, 0.1) is 5.92 Å². The summed E-state index contributed by atoms with van der Waals surface area (Å²) in [5.74, 6) is 1.35. The van der Waals surface area contributed by atoms with Gasteiger partial charge in [0.25, 0.3) is 0 Å². The van der Waals surface area contributed by atoms with Gasteiger partial charge < -0.3 is 9.64 Å². The standard InChI is InChI=1S/C33H47NO2/c1-6-7-8-9-26-10-12-27(13-11-26)28-14-16-29(17-15-28)31-19-18-30(20-22-34(4)5)32(24-31)21-23-36-33(35)25(2)3/h14-19,24,26-27H,2,6-13,20-23H2,1,3-5H3. The quantitative estimate of drug-likeness (QED) is 0.162. The highest BCUT2D eigenvalue weighted by Crippen LogP contribution is 2.38. The SMILES string of the molecule is C=C(C)C(=O)OCCc1cc(-c2ccc(C3CCC(CCCCC)CC3)cc2)ccc1CCN(C)C. The second kappa shape index (κ2) is 14.4. The molecule has 3 rings (SSSR count). The van der Waals surface area contributed by atoms with E-state index in [0.29, 0.717) is 18.1 Å². The average Bonchev–Trinajstić information content (AvgIpc) is 2.88. The van der Waals surface area contributed by atoms with Crippen molar-refractivity contribution in [1.82, 2.24) is 4.90 Å². The number of nitrogens with zero attached hydrogens (tertiary/aromatic N) is 1. The van der Waals surface area contributed by atoms with Gasteiger partial charge in [-0.25, -0.2) is 4.79 Å². The Balaban J connectivity index is 1.66. The summed E-state index contributed by atoms with van der Waals surface area (Å²) in [6.07, 6.45) is 12.7. The molecule has 1 saturated carbocycles. The van der Waals surface area contributed by atoms with E-state index in [1.54, 1.807) is 6.92 Å². The topological polar surface area (TPSA) is 29.5 Å². The summed E-state index contributed by atoms with van der Waals surface area (Å²) in [5.41, 5.74) is 7.02. The van der Waals surface area contributed by atoms with E-state index in [1.165, 1.54) is 79.2 Å². The predicted octanol–water partition coefficient (Wildman–Crippen LogP) is 7.97. The lowest BCUT2D eigenvalue weighted by Crippen LogP contribution is -2.16. The molecule has 0 atom stereocenters. The molecule has 0 unspecified atom stereocenters. The van der Waals surface area contributed by atoms with Gasteiger partial charge in [-0.05, 0) is 92.8 Å². The fourth-order valence-corrected chi connectivity index (χ4v) is 5.42. The van der Waals surface area contributed by atoms with E-state index >= 15 is 0 Å². The number of rotatable bonds is 13. The summed E-state index contributed by atoms with van der Waals surface area (Å²) in [7, 11) is 4.20. The van der Waals surface area contributed by atoms with Crippen LogP contribution in [0.4, 0.5) is 0 Å². The van der Waals surface area contributed by atoms with Crippen molar-refractivity contribution in [3.63, 3.8) is 0 Å². The Labute approximate surface area is 219 Å². The molecule has 2 aromatic carbocycles. The summed E-state index contributed by atoms with van der Waals surface area (Å²) >= 11 is 0. The van der Waals surface area contributed by atoms with Gasteiger partial charge in [-0.2, -0.15) is 0 Å². The Bertz CT molecular complexity index is 968. The van der Waals surface area contributed by atoms with Crippen LogP contribution in [0.2, 0.25) is 0 Å². The van der Waals surface area contributed by atoms with Crippen LogP contribution in [0.25, 0.3) is 11.1 Å². The molecule has 0 radical (unpaired) electrons. The molecule has 196 valence electrons. The van der Waals surface area contributed by atoms with Gasteiger partial charge in [0, 0.05) is 18.5 Å². The molecule has 0 bridgehead atoms. The van der Waals surface area contributed by atoms with E-state index in [0.717, 1.165) is 25.3 Å². The molecule has 0 aromatic heterocycles. The molecular weight excluding hydrogens is 442 g/mol. The fourth-order valence-electron chi connectivity index (χ4n) is 5.42. The Morgan fingerprint density at radius 2 is 1.64 bits per heavy atom. The van der Waals surface area contributed by atoms with Crippen LogP contribution in [-0.2, 0) is 22.4 Å². The third kappa shape index (κ3) is 8.62. The van der Waals surface area contributed by atoms with E-state index in [4.69, 9.17) is 4.74 Å². The van der Waals surface area contributed by atoms with Crippen molar-refractivity contribution >= 4 is 5.97 Å². The number of hydrogen-bond acceptors (Lipinski definition) is 3. The minimum atomic E-state index is -0.313. The van der Waals surface area contributed by atoms with Gasteiger partial charge in [0.05, 0.1) is 6.61 Å². The van der Waals surface area contributed by atoms with Crippen LogP contribution in [0.15, 0.2) is 54.6 Å². The number of ether oxygens (including phenoxy) is 1. The molecule has 3 heteroatoms. The molecule has 3 nitrogen and oxygen atoms in total. The third-order valence-corrected chi connectivity index (χ3v) is 7.77. The molecule has 1 aliphatic rings. The van der Waals surface area contributed by atoms with Crippen LogP contribution in [0.5, 0.6) is 0 Å². The fraction of sp³-hybridized carbons (Fsp3) is 0.545. The first kappa shape index (κ1) is 28.2. The highest BCUT2D eigenvalue weighted by atomic mass is 16.5. The lowest BCUT2D eigenvalue weighted by atomic mass is 9.77. The Kier molecular flexibility index (Phi) is 11.3. The predicted molar refractivity (Wildman–Crippen MR) is 152 cm³/mol. The summed E-state index contributed by atoms with van der Waals surface area (Å²) in [4.78, 5) is 14.0. The van der Waals surface area contributed by atoms with Crippen LogP contribution >= 0.6 is 0 Å². The molecule has 0 saturated heterocycles.